The predicted molar refractivity (Wildman–Crippen MR) is 96.7 cm³/mol. The molecule has 0 aliphatic carbocycles. The number of aliphatic hydroxyl groups is 1. The average Bonchev–Trinajstić information content (AvgIpc) is 2.58. The van der Waals surface area contributed by atoms with Gasteiger partial charge in [0.2, 0.25) is 0 Å². The van der Waals surface area contributed by atoms with E-state index in [0.717, 1.165) is 37.4 Å². The summed E-state index contributed by atoms with van der Waals surface area (Å²) in [5, 5.41) is 10.4. The number of benzene rings is 2. The van der Waals surface area contributed by atoms with Crippen LogP contribution < -0.4 is 9.64 Å². The van der Waals surface area contributed by atoms with E-state index in [0.29, 0.717) is 6.61 Å². The summed E-state index contributed by atoms with van der Waals surface area (Å²) in [5.74, 6) is 0.924. The van der Waals surface area contributed by atoms with E-state index in [1.54, 1.807) is 0 Å². The lowest BCUT2D eigenvalue weighted by atomic mass is 10.00. The lowest BCUT2D eigenvalue weighted by Crippen LogP contribution is -3.13. The van der Waals surface area contributed by atoms with Crippen LogP contribution in [0.25, 0.3) is 0 Å². The van der Waals surface area contributed by atoms with E-state index >= 15 is 0 Å². The number of rotatable bonds is 5. The van der Waals surface area contributed by atoms with Gasteiger partial charge in [-0.3, -0.25) is 0 Å². The van der Waals surface area contributed by atoms with Gasteiger partial charge >= 0.3 is 0 Å². The third-order valence-electron chi connectivity index (χ3n) is 5.12. The smallest absolute Gasteiger partial charge is 0.137 e. The molecule has 0 saturated heterocycles. The minimum atomic E-state index is -0.440. The lowest BCUT2D eigenvalue weighted by molar-refractivity contribution is -0.918. The molecular formula is C21H28NO2+. The van der Waals surface area contributed by atoms with Gasteiger partial charge in [-0.25, -0.2) is 0 Å². The fourth-order valence-corrected chi connectivity index (χ4v) is 3.54. The number of aliphatic hydroxyl groups excluding tert-OH is 1. The van der Waals surface area contributed by atoms with Crippen LogP contribution in [0.4, 0.5) is 0 Å². The van der Waals surface area contributed by atoms with Crippen LogP contribution in [0.1, 0.15) is 27.8 Å². The number of ether oxygens (including phenoxy) is 1. The summed E-state index contributed by atoms with van der Waals surface area (Å²) >= 11 is 0. The Morgan fingerprint density at radius 3 is 2.54 bits per heavy atom. The van der Waals surface area contributed by atoms with Crippen LogP contribution in [-0.4, -0.2) is 30.9 Å². The zero-order chi connectivity index (χ0) is 17.1. The summed E-state index contributed by atoms with van der Waals surface area (Å²) in [7, 11) is 0. The Labute approximate surface area is 144 Å². The molecule has 2 N–H and O–H groups in total. The topological polar surface area (TPSA) is 33.9 Å². The van der Waals surface area contributed by atoms with E-state index < -0.39 is 6.10 Å². The number of hydrogen-bond donors (Lipinski definition) is 2. The molecule has 128 valence electrons. The van der Waals surface area contributed by atoms with Gasteiger partial charge in [-0.15, -0.1) is 0 Å². The Kier molecular flexibility index (Phi) is 5.22. The molecule has 0 bridgehead atoms. The van der Waals surface area contributed by atoms with E-state index in [9.17, 15) is 5.11 Å². The molecule has 1 unspecified atom stereocenters. The fourth-order valence-electron chi connectivity index (χ4n) is 3.54. The quantitative estimate of drug-likeness (QED) is 0.881. The average molecular weight is 326 g/mol. The Balaban J connectivity index is 1.56. The Morgan fingerprint density at radius 2 is 1.75 bits per heavy atom. The number of nitrogens with one attached hydrogen (secondary N) is 1. The van der Waals surface area contributed by atoms with E-state index in [4.69, 9.17) is 4.74 Å². The van der Waals surface area contributed by atoms with Crippen molar-refractivity contribution in [1.82, 2.24) is 0 Å². The van der Waals surface area contributed by atoms with Crippen molar-refractivity contribution < 1.29 is 14.7 Å². The summed E-state index contributed by atoms with van der Waals surface area (Å²) in [6.07, 6.45) is 0.652. The van der Waals surface area contributed by atoms with Gasteiger partial charge in [-0.2, -0.15) is 0 Å². The summed E-state index contributed by atoms with van der Waals surface area (Å²) in [4.78, 5) is 1.43. The maximum atomic E-state index is 10.4. The Bertz CT molecular complexity index is 711. The second kappa shape index (κ2) is 7.37. The first-order valence-electron chi connectivity index (χ1n) is 8.82. The molecule has 2 atom stereocenters. The molecule has 3 heteroatoms. The second-order valence-corrected chi connectivity index (χ2v) is 7.02. The summed E-state index contributed by atoms with van der Waals surface area (Å²) in [5.41, 5.74) is 6.39. The molecule has 2 aromatic carbocycles. The van der Waals surface area contributed by atoms with Crippen LogP contribution in [0.3, 0.4) is 0 Å². The highest BCUT2D eigenvalue weighted by atomic mass is 16.5. The molecule has 0 amide bonds. The maximum Gasteiger partial charge on any atom is 0.137 e. The van der Waals surface area contributed by atoms with Gasteiger partial charge in [0.15, 0.2) is 0 Å². The van der Waals surface area contributed by atoms with Crippen LogP contribution >= 0.6 is 0 Å². The molecule has 1 aliphatic rings. The van der Waals surface area contributed by atoms with Gasteiger partial charge in [-0.05, 0) is 43.0 Å². The van der Waals surface area contributed by atoms with Crippen LogP contribution in [0, 0.1) is 20.8 Å². The maximum absolute atomic E-state index is 10.4. The van der Waals surface area contributed by atoms with Crippen molar-refractivity contribution in [1.29, 1.82) is 0 Å². The molecule has 3 nitrogen and oxygen atoms in total. The first-order chi connectivity index (χ1) is 11.5. The highest BCUT2D eigenvalue weighted by Gasteiger charge is 2.22. The van der Waals surface area contributed by atoms with Crippen LogP contribution in [-0.2, 0) is 13.0 Å². The van der Waals surface area contributed by atoms with Gasteiger partial charge in [0, 0.05) is 12.0 Å². The zero-order valence-electron chi connectivity index (χ0n) is 14.9. The van der Waals surface area contributed by atoms with Gasteiger partial charge in [0.25, 0.3) is 0 Å². The monoisotopic (exact) mass is 326 g/mol. The normalized spacial score (nSPS) is 18.1. The highest BCUT2D eigenvalue weighted by Crippen LogP contribution is 2.25. The predicted octanol–water partition coefficient (Wildman–Crippen LogP) is 1.99. The van der Waals surface area contributed by atoms with Crippen LogP contribution in [0.15, 0.2) is 36.4 Å². The van der Waals surface area contributed by atoms with Crippen molar-refractivity contribution in [3.63, 3.8) is 0 Å². The molecule has 0 fully saturated rings. The largest absolute Gasteiger partial charge is 0.490 e. The van der Waals surface area contributed by atoms with Crippen molar-refractivity contribution >= 4 is 0 Å². The SMILES string of the molecule is Cc1ccc(C)c(OC[C@H](O)C[NH+]2CCc3ccccc3C2)c1C. The molecule has 2 aromatic rings. The van der Waals surface area contributed by atoms with E-state index in [1.807, 2.05) is 0 Å². The van der Waals surface area contributed by atoms with Crippen molar-refractivity contribution in [3.8, 4) is 5.75 Å². The van der Waals surface area contributed by atoms with Crippen molar-refractivity contribution in [2.24, 2.45) is 0 Å². The standard InChI is InChI=1S/C21H27NO2/c1-15-8-9-16(2)21(17(15)3)24-14-20(23)13-22-11-10-18-6-4-5-7-19(18)12-22/h4-9,20,23H,10-14H2,1-3H3/p+1/t20-/m1/s1. The first-order valence-corrected chi connectivity index (χ1v) is 8.82. The van der Waals surface area contributed by atoms with Crippen molar-refractivity contribution in [2.75, 3.05) is 19.7 Å². The van der Waals surface area contributed by atoms with Gasteiger partial charge in [-0.1, -0.05) is 36.4 Å². The molecular weight excluding hydrogens is 298 g/mol. The lowest BCUT2D eigenvalue weighted by Gasteiger charge is -2.27. The van der Waals surface area contributed by atoms with Gasteiger partial charge in [0.1, 0.15) is 31.5 Å². The molecule has 1 aliphatic heterocycles. The number of hydrogen-bond acceptors (Lipinski definition) is 2. The molecule has 3 rings (SSSR count). The van der Waals surface area contributed by atoms with E-state index in [1.165, 1.54) is 27.2 Å². The van der Waals surface area contributed by atoms with Gasteiger partial charge < -0.3 is 14.7 Å². The number of fused-ring (bicyclic) bond motifs is 1. The molecule has 0 spiro atoms. The van der Waals surface area contributed by atoms with E-state index in [2.05, 4.69) is 57.2 Å². The minimum Gasteiger partial charge on any atom is -0.490 e. The second-order valence-electron chi connectivity index (χ2n) is 7.02. The third-order valence-corrected chi connectivity index (χ3v) is 5.12. The zero-order valence-corrected chi connectivity index (χ0v) is 14.9. The first kappa shape index (κ1) is 17.0. The van der Waals surface area contributed by atoms with Crippen molar-refractivity contribution in [3.05, 3.63) is 64.2 Å². The highest BCUT2D eigenvalue weighted by molar-refractivity contribution is 5.44. The third kappa shape index (κ3) is 3.80. The minimum absolute atomic E-state index is 0.357. The number of quaternary nitrogens is 1. The summed E-state index contributed by atoms with van der Waals surface area (Å²) < 4.78 is 5.96. The van der Waals surface area contributed by atoms with Gasteiger partial charge in [0.05, 0.1) is 6.54 Å². The van der Waals surface area contributed by atoms with E-state index in [-0.39, 0.29) is 0 Å². The molecule has 1 heterocycles. The summed E-state index contributed by atoms with van der Waals surface area (Å²) in [6, 6.07) is 12.8. The number of aryl methyl sites for hydroxylation is 2. The Morgan fingerprint density at radius 1 is 1.04 bits per heavy atom. The van der Waals surface area contributed by atoms with Crippen LogP contribution in [0.2, 0.25) is 0 Å². The fraction of sp³-hybridized carbons (Fsp3) is 0.429. The molecule has 0 saturated carbocycles. The van der Waals surface area contributed by atoms with Crippen molar-refractivity contribution in [2.45, 2.75) is 39.8 Å². The Hall–Kier alpha value is -1.84. The summed E-state index contributed by atoms with van der Waals surface area (Å²) in [6.45, 7) is 9.39. The van der Waals surface area contributed by atoms with Crippen LogP contribution in [0.5, 0.6) is 5.75 Å². The molecule has 0 radical (unpaired) electrons. The molecule has 0 aromatic heterocycles. The molecule has 24 heavy (non-hydrogen) atoms.